The fourth-order valence-corrected chi connectivity index (χ4v) is 5.45. The first-order valence-corrected chi connectivity index (χ1v) is 14.3. The van der Waals surface area contributed by atoms with Gasteiger partial charge in [0.15, 0.2) is 0 Å². The quantitative estimate of drug-likeness (QED) is 0.238. The second kappa shape index (κ2) is 11.3. The molecule has 3 heterocycles. The van der Waals surface area contributed by atoms with Crippen molar-refractivity contribution in [3.8, 4) is 16.8 Å². The van der Waals surface area contributed by atoms with Crippen molar-refractivity contribution >= 4 is 34.0 Å². The molecule has 3 aromatic carbocycles. The van der Waals surface area contributed by atoms with E-state index in [1.54, 1.807) is 12.5 Å². The Morgan fingerprint density at radius 3 is 2.33 bits per heavy atom. The summed E-state index contributed by atoms with van der Waals surface area (Å²) in [5.41, 5.74) is 6.46. The van der Waals surface area contributed by atoms with Gasteiger partial charge >= 0.3 is 6.03 Å². The highest BCUT2D eigenvalue weighted by molar-refractivity contribution is 6.10. The molecule has 1 aliphatic rings. The maximum absolute atomic E-state index is 13.4. The van der Waals surface area contributed by atoms with Crippen LogP contribution in [0.3, 0.4) is 0 Å². The monoisotopic (exact) mass is 560 g/mol. The number of nitrogens with one attached hydrogen (secondary N) is 2. The largest absolute Gasteiger partial charge is 0.378 e. The summed E-state index contributed by atoms with van der Waals surface area (Å²) in [5.74, 6) is 0.976. The van der Waals surface area contributed by atoms with E-state index in [2.05, 4.69) is 78.5 Å². The average Bonchev–Trinajstić information content (AvgIpc) is 3.52. The zero-order valence-corrected chi connectivity index (χ0v) is 24.5. The number of carbonyl (C=O) groups is 1. The Kier molecular flexibility index (Phi) is 7.39. The van der Waals surface area contributed by atoms with Crippen molar-refractivity contribution in [3.63, 3.8) is 0 Å². The standard InChI is InChI=1S/C34H36N6O2/c1-23-25(11-14-32(36-23)39-17-19-42-20-18-39)27-10-12-29(28-8-6-5-7-26(27)28)37-33(41)38-30-21-24(34(2,3)4)9-13-31(30)40-16-15-35-22-40/h5-16,21-22H,17-20H2,1-4H3,(H2,37,38,41). The van der Waals surface area contributed by atoms with Gasteiger partial charge in [-0.2, -0.15) is 0 Å². The number of imidazole rings is 1. The van der Waals surface area contributed by atoms with Crippen LogP contribution in [0.25, 0.3) is 27.6 Å². The molecule has 8 nitrogen and oxygen atoms in total. The highest BCUT2D eigenvalue weighted by Gasteiger charge is 2.19. The smallest absolute Gasteiger partial charge is 0.323 e. The molecule has 2 N–H and O–H groups in total. The van der Waals surface area contributed by atoms with Crippen LogP contribution in [0.4, 0.5) is 22.0 Å². The van der Waals surface area contributed by atoms with E-state index in [4.69, 9.17) is 9.72 Å². The Hall–Kier alpha value is -4.69. The first kappa shape index (κ1) is 27.5. The molecule has 5 aromatic rings. The Balaban J connectivity index is 1.30. The summed E-state index contributed by atoms with van der Waals surface area (Å²) in [4.78, 5) is 24.8. The number of aromatic nitrogens is 3. The van der Waals surface area contributed by atoms with Gasteiger partial charge in [-0.1, -0.05) is 57.2 Å². The van der Waals surface area contributed by atoms with E-state index in [0.717, 1.165) is 76.7 Å². The molecular weight excluding hydrogens is 524 g/mol. The summed E-state index contributed by atoms with van der Waals surface area (Å²) >= 11 is 0. The van der Waals surface area contributed by atoms with Crippen LogP contribution in [-0.4, -0.2) is 46.9 Å². The van der Waals surface area contributed by atoms with E-state index < -0.39 is 0 Å². The van der Waals surface area contributed by atoms with Gasteiger partial charge in [0.05, 0.1) is 36.6 Å². The summed E-state index contributed by atoms with van der Waals surface area (Å²) in [7, 11) is 0. The summed E-state index contributed by atoms with van der Waals surface area (Å²) in [6.45, 7) is 11.7. The minimum absolute atomic E-state index is 0.0697. The topological polar surface area (TPSA) is 84.3 Å². The van der Waals surface area contributed by atoms with Crippen LogP contribution in [0, 0.1) is 6.92 Å². The first-order chi connectivity index (χ1) is 20.3. The number of hydrogen-bond acceptors (Lipinski definition) is 5. The normalized spacial score (nSPS) is 13.8. The molecule has 1 saturated heterocycles. The Labute approximate surface area is 246 Å². The van der Waals surface area contributed by atoms with Gasteiger partial charge in [-0.3, -0.25) is 0 Å². The predicted octanol–water partition coefficient (Wildman–Crippen LogP) is 7.17. The van der Waals surface area contributed by atoms with Crippen LogP contribution in [0.15, 0.2) is 85.5 Å². The molecule has 2 amide bonds. The molecule has 0 aliphatic carbocycles. The lowest BCUT2D eigenvalue weighted by molar-refractivity contribution is 0.122. The van der Waals surface area contributed by atoms with Crippen LogP contribution in [0.5, 0.6) is 0 Å². The van der Waals surface area contributed by atoms with E-state index >= 15 is 0 Å². The number of carbonyl (C=O) groups excluding carboxylic acids is 1. The number of morpholine rings is 1. The number of aryl methyl sites for hydroxylation is 1. The molecular formula is C34H36N6O2. The maximum Gasteiger partial charge on any atom is 0.323 e. The van der Waals surface area contributed by atoms with Gasteiger partial charge in [0, 0.05) is 42.1 Å². The average molecular weight is 561 g/mol. The molecule has 8 heteroatoms. The Morgan fingerprint density at radius 2 is 1.62 bits per heavy atom. The molecule has 2 aromatic heterocycles. The highest BCUT2D eigenvalue weighted by Crippen LogP contribution is 2.36. The minimum Gasteiger partial charge on any atom is -0.378 e. The molecule has 1 fully saturated rings. The van der Waals surface area contributed by atoms with Crippen molar-refractivity contribution in [2.24, 2.45) is 0 Å². The number of pyridine rings is 1. The number of fused-ring (bicyclic) bond motifs is 1. The second-order valence-corrected chi connectivity index (χ2v) is 11.6. The molecule has 1 aliphatic heterocycles. The summed E-state index contributed by atoms with van der Waals surface area (Å²) in [6, 6.07) is 22.2. The fourth-order valence-electron chi connectivity index (χ4n) is 5.45. The van der Waals surface area contributed by atoms with Gasteiger partial charge in [0.25, 0.3) is 0 Å². The molecule has 0 saturated carbocycles. The van der Waals surface area contributed by atoms with E-state index in [0.29, 0.717) is 5.69 Å². The van der Waals surface area contributed by atoms with Gasteiger partial charge in [0.1, 0.15) is 5.82 Å². The van der Waals surface area contributed by atoms with Crippen LogP contribution < -0.4 is 15.5 Å². The molecule has 0 spiro atoms. The van der Waals surface area contributed by atoms with Crippen molar-refractivity contribution in [2.45, 2.75) is 33.1 Å². The number of nitrogens with zero attached hydrogens (tertiary/aromatic N) is 4. The van der Waals surface area contributed by atoms with E-state index in [-0.39, 0.29) is 11.4 Å². The number of urea groups is 1. The Morgan fingerprint density at radius 1 is 0.881 bits per heavy atom. The number of hydrogen-bond donors (Lipinski definition) is 2. The highest BCUT2D eigenvalue weighted by atomic mass is 16.5. The van der Waals surface area contributed by atoms with Crippen molar-refractivity contribution < 1.29 is 9.53 Å². The number of benzene rings is 3. The van der Waals surface area contributed by atoms with E-state index in [1.165, 1.54) is 0 Å². The summed E-state index contributed by atoms with van der Waals surface area (Å²) < 4.78 is 7.39. The summed E-state index contributed by atoms with van der Waals surface area (Å²) in [5, 5.41) is 8.20. The number of anilines is 3. The van der Waals surface area contributed by atoms with E-state index in [1.807, 2.05) is 47.2 Å². The van der Waals surface area contributed by atoms with Gasteiger partial charge in [-0.25, -0.2) is 14.8 Å². The van der Waals surface area contributed by atoms with Crippen LogP contribution in [0.1, 0.15) is 32.0 Å². The van der Waals surface area contributed by atoms with Crippen molar-refractivity contribution in [2.75, 3.05) is 41.8 Å². The first-order valence-electron chi connectivity index (χ1n) is 14.3. The minimum atomic E-state index is -0.312. The zero-order valence-electron chi connectivity index (χ0n) is 24.5. The molecule has 0 atom stereocenters. The third kappa shape index (κ3) is 5.58. The zero-order chi connectivity index (χ0) is 29.3. The van der Waals surface area contributed by atoms with Gasteiger partial charge in [-0.15, -0.1) is 0 Å². The predicted molar refractivity (Wildman–Crippen MR) is 170 cm³/mol. The maximum atomic E-state index is 13.4. The van der Waals surface area contributed by atoms with Gasteiger partial charge in [0.2, 0.25) is 0 Å². The molecule has 0 bridgehead atoms. The van der Waals surface area contributed by atoms with Crippen molar-refractivity contribution in [1.29, 1.82) is 0 Å². The number of amides is 2. The molecule has 6 rings (SSSR count). The lowest BCUT2D eigenvalue weighted by atomic mass is 9.86. The molecule has 0 unspecified atom stereocenters. The van der Waals surface area contributed by atoms with Gasteiger partial charge < -0.3 is 24.8 Å². The Bertz CT molecular complexity index is 1730. The number of rotatable bonds is 5. The van der Waals surface area contributed by atoms with Crippen molar-refractivity contribution in [1.82, 2.24) is 14.5 Å². The van der Waals surface area contributed by atoms with Crippen molar-refractivity contribution in [3.05, 3.63) is 96.7 Å². The SMILES string of the molecule is Cc1nc(N2CCOCC2)ccc1-c1ccc(NC(=O)Nc2cc(C(C)(C)C)ccc2-n2ccnc2)c2ccccc12. The number of ether oxygens (including phenoxy) is 1. The molecule has 0 radical (unpaired) electrons. The van der Waals surface area contributed by atoms with Crippen LogP contribution >= 0.6 is 0 Å². The fraction of sp³-hybridized carbons (Fsp3) is 0.265. The van der Waals surface area contributed by atoms with Crippen LogP contribution in [-0.2, 0) is 10.2 Å². The second-order valence-electron chi connectivity index (χ2n) is 11.6. The molecule has 42 heavy (non-hydrogen) atoms. The molecule has 214 valence electrons. The van der Waals surface area contributed by atoms with Gasteiger partial charge in [-0.05, 0) is 59.2 Å². The third-order valence-electron chi connectivity index (χ3n) is 7.76. The third-order valence-corrected chi connectivity index (χ3v) is 7.76. The van der Waals surface area contributed by atoms with E-state index in [9.17, 15) is 4.79 Å². The summed E-state index contributed by atoms with van der Waals surface area (Å²) in [6.07, 6.45) is 5.32. The van der Waals surface area contributed by atoms with Crippen LogP contribution in [0.2, 0.25) is 0 Å². The lowest BCUT2D eigenvalue weighted by Crippen LogP contribution is -2.36. The lowest BCUT2D eigenvalue weighted by Gasteiger charge is -2.28.